The number of benzene rings is 2. The molecule has 0 saturated heterocycles. The third-order valence-corrected chi connectivity index (χ3v) is 9.28. The first-order valence-electron chi connectivity index (χ1n) is 13.1. The lowest BCUT2D eigenvalue weighted by molar-refractivity contribution is 0.0940. The lowest BCUT2D eigenvalue weighted by atomic mass is 10.1. The highest BCUT2D eigenvalue weighted by Crippen LogP contribution is 2.28. The zero-order chi connectivity index (χ0) is 29.9. The van der Waals surface area contributed by atoms with Crippen LogP contribution in [0.4, 0.5) is 4.39 Å². The van der Waals surface area contributed by atoms with Crippen LogP contribution in [0.1, 0.15) is 37.7 Å². The van der Waals surface area contributed by atoms with Gasteiger partial charge in [0.1, 0.15) is 27.4 Å². The van der Waals surface area contributed by atoms with E-state index in [4.69, 9.17) is 10.5 Å². The number of nitrogens with zero attached hydrogens (tertiary/aromatic N) is 5. The van der Waals surface area contributed by atoms with Crippen LogP contribution in [0, 0.1) is 5.82 Å². The summed E-state index contributed by atoms with van der Waals surface area (Å²) in [7, 11) is -2.81. The Morgan fingerprint density at radius 1 is 1.14 bits per heavy atom. The number of hydrogen-bond donors (Lipinski definition) is 3. The Morgan fingerprint density at radius 2 is 1.95 bits per heavy atom. The fraction of sp³-hybridized carbons (Fsp3) is 0.346. The maximum atomic E-state index is 14.5. The van der Waals surface area contributed by atoms with Gasteiger partial charge in [-0.3, -0.25) is 14.3 Å². The minimum atomic E-state index is -4.32. The molecule has 5 rings (SSSR count). The van der Waals surface area contributed by atoms with Crippen LogP contribution in [0.3, 0.4) is 0 Å². The Kier molecular flexibility index (Phi) is 8.88. The number of carbonyl (C=O) groups excluding carboxylic acids is 2. The summed E-state index contributed by atoms with van der Waals surface area (Å²) in [6.45, 7) is 2.06. The van der Waals surface area contributed by atoms with Crippen LogP contribution in [0.5, 0.6) is 0 Å². The summed E-state index contributed by atoms with van der Waals surface area (Å²) in [6.07, 6.45) is 0.196. The number of nitrogens with one attached hydrogen (secondary N) is 2. The Morgan fingerprint density at radius 3 is 2.74 bits per heavy atom. The van der Waals surface area contributed by atoms with Crippen LogP contribution < -0.4 is 16.4 Å². The molecular weight excluding hydrogens is 587 g/mol. The molecule has 0 bridgehead atoms. The van der Waals surface area contributed by atoms with Gasteiger partial charge in [-0.1, -0.05) is 6.07 Å². The molecule has 0 unspecified atom stereocenters. The van der Waals surface area contributed by atoms with Crippen molar-refractivity contribution in [2.24, 2.45) is 5.73 Å². The first-order valence-corrected chi connectivity index (χ1v) is 15.3. The number of aromatic nitrogens is 4. The maximum absolute atomic E-state index is 14.5. The molecule has 4 aromatic rings. The highest BCUT2D eigenvalue weighted by Gasteiger charge is 2.35. The van der Waals surface area contributed by atoms with Gasteiger partial charge < -0.3 is 21.1 Å². The molecule has 16 heteroatoms. The smallest absolute Gasteiger partial charge is 0.269 e. The quantitative estimate of drug-likeness (QED) is 0.197. The van der Waals surface area contributed by atoms with Gasteiger partial charge in [0.15, 0.2) is 0 Å². The summed E-state index contributed by atoms with van der Waals surface area (Å²) in [5.41, 5.74) is 9.32. The van der Waals surface area contributed by atoms with E-state index in [0.29, 0.717) is 36.6 Å². The zero-order valence-corrected chi connectivity index (χ0v) is 24.3. The minimum Gasteiger partial charge on any atom is -0.378 e. The van der Waals surface area contributed by atoms with E-state index in [-0.39, 0.29) is 44.1 Å². The summed E-state index contributed by atoms with van der Waals surface area (Å²) in [6, 6.07) is 8.89. The van der Waals surface area contributed by atoms with Crippen LogP contribution in [-0.2, 0) is 40.8 Å². The fourth-order valence-electron chi connectivity index (χ4n) is 4.72. The largest absolute Gasteiger partial charge is 0.378 e. The van der Waals surface area contributed by atoms with Crippen molar-refractivity contribution < 1.29 is 27.1 Å². The number of sulfonamides is 1. The molecule has 0 atom stereocenters. The van der Waals surface area contributed by atoms with Gasteiger partial charge in [0.2, 0.25) is 15.9 Å². The Labute approximate surface area is 245 Å². The van der Waals surface area contributed by atoms with Gasteiger partial charge in [-0.15, -0.1) is 0 Å². The van der Waals surface area contributed by atoms with Gasteiger partial charge in [0.25, 0.3) is 5.91 Å². The summed E-state index contributed by atoms with van der Waals surface area (Å²) >= 11 is 1.18. The van der Waals surface area contributed by atoms with Gasteiger partial charge in [-0.25, -0.2) is 12.8 Å². The van der Waals surface area contributed by atoms with Crippen LogP contribution in [0.2, 0.25) is 0 Å². The molecule has 1 aliphatic heterocycles. The molecular formula is C26H29FN8O5S2. The Balaban J connectivity index is 1.20. The molecule has 13 nitrogen and oxygen atoms in total. The predicted molar refractivity (Wildman–Crippen MR) is 152 cm³/mol. The molecule has 1 aliphatic rings. The second-order valence-electron chi connectivity index (χ2n) is 9.55. The average molecular weight is 617 g/mol. The van der Waals surface area contributed by atoms with Crippen molar-refractivity contribution in [2.75, 3.05) is 33.4 Å². The SMILES string of the molecule is CNC(=O)c1c2c(nn1CCOCCNCc1ccc3nsnc3c1)CN(S(=O)(=O)c1cc(C(N)=O)ccc1F)CC2. The summed E-state index contributed by atoms with van der Waals surface area (Å²) in [5.74, 6) is -2.22. The number of rotatable bonds is 12. The second kappa shape index (κ2) is 12.6. The van der Waals surface area contributed by atoms with Crippen LogP contribution >= 0.6 is 11.7 Å². The lowest BCUT2D eigenvalue weighted by Gasteiger charge is -2.26. The van der Waals surface area contributed by atoms with E-state index >= 15 is 0 Å². The molecule has 3 heterocycles. The van der Waals surface area contributed by atoms with E-state index in [2.05, 4.69) is 24.5 Å². The lowest BCUT2D eigenvalue weighted by Crippen LogP contribution is -2.37. The van der Waals surface area contributed by atoms with Gasteiger partial charge in [-0.2, -0.15) is 18.2 Å². The van der Waals surface area contributed by atoms with Gasteiger partial charge in [-0.05, 0) is 42.3 Å². The molecule has 2 aromatic heterocycles. The van der Waals surface area contributed by atoms with E-state index in [1.54, 1.807) is 0 Å². The van der Waals surface area contributed by atoms with Crippen molar-refractivity contribution in [3.05, 3.63) is 70.3 Å². The molecule has 0 saturated carbocycles. The number of nitrogens with two attached hydrogens (primary N) is 1. The number of fused-ring (bicyclic) bond motifs is 2. The van der Waals surface area contributed by atoms with E-state index in [0.717, 1.165) is 39.1 Å². The second-order valence-corrected chi connectivity index (χ2v) is 12.0. The molecule has 0 aliphatic carbocycles. The van der Waals surface area contributed by atoms with E-state index in [1.165, 1.54) is 23.5 Å². The van der Waals surface area contributed by atoms with Crippen LogP contribution in [-0.4, -0.2) is 76.4 Å². The van der Waals surface area contributed by atoms with Crippen molar-refractivity contribution in [1.29, 1.82) is 0 Å². The zero-order valence-electron chi connectivity index (χ0n) is 22.7. The topological polar surface area (TPSA) is 174 Å². The molecule has 4 N–H and O–H groups in total. The van der Waals surface area contributed by atoms with Crippen molar-refractivity contribution in [1.82, 2.24) is 33.5 Å². The summed E-state index contributed by atoms with van der Waals surface area (Å²) in [4.78, 5) is 23.6. The Bertz CT molecular complexity index is 1740. The van der Waals surface area contributed by atoms with Gasteiger partial charge in [0.05, 0.1) is 43.7 Å². The highest BCUT2D eigenvalue weighted by molar-refractivity contribution is 7.89. The third kappa shape index (κ3) is 6.17. The summed E-state index contributed by atoms with van der Waals surface area (Å²) < 4.78 is 57.9. The molecule has 2 amide bonds. The van der Waals surface area contributed by atoms with Crippen LogP contribution in [0.15, 0.2) is 41.3 Å². The number of halogens is 1. The standard InChI is InChI=1S/C26H29FN8O5S2/c1-29-26(37)24-18-6-8-34(42(38,39)23-13-17(25(28)36)3-4-19(23)27)15-22(18)31-35(24)9-11-40-10-7-30-14-16-2-5-20-21(12-16)33-41-32-20/h2-5,12-13,30H,6-11,14-15H2,1H3,(H2,28,36)(H,29,37). The Hall–Kier alpha value is -3.83. The van der Waals surface area contributed by atoms with E-state index in [1.807, 2.05) is 18.2 Å². The average Bonchev–Trinajstić information content (AvgIpc) is 3.59. The normalized spacial score (nSPS) is 13.8. The van der Waals surface area contributed by atoms with Crippen molar-refractivity contribution in [3.8, 4) is 0 Å². The number of carbonyl (C=O) groups is 2. The minimum absolute atomic E-state index is 0.000646. The fourth-order valence-corrected chi connectivity index (χ4v) is 6.73. The molecule has 0 radical (unpaired) electrons. The third-order valence-electron chi connectivity index (χ3n) is 6.86. The molecule has 0 spiro atoms. The monoisotopic (exact) mass is 616 g/mol. The molecule has 222 valence electrons. The van der Waals surface area contributed by atoms with Crippen molar-refractivity contribution in [2.45, 2.75) is 31.0 Å². The maximum Gasteiger partial charge on any atom is 0.269 e. The van der Waals surface area contributed by atoms with Gasteiger partial charge in [0, 0.05) is 37.8 Å². The number of primary amides is 1. The number of amides is 2. The highest BCUT2D eigenvalue weighted by atomic mass is 32.2. The van der Waals surface area contributed by atoms with E-state index in [9.17, 15) is 22.4 Å². The first-order chi connectivity index (χ1) is 20.2. The molecule has 0 fully saturated rings. The van der Waals surface area contributed by atoms with Crippen molar-refractivity contribution >= 4 is 44.6 Å². The number of hydrogen-bond acceptors (Lipinski definition) is 10. The number of ether oxygens (including phenoxy) is 1. The van der Waals surface area contributed by atoms with Crippen molar-refractivity contribution in [3.63, 3.8) is 0 Å². The predicted octanol–water partition coefficient (Wildman–Crippen LogP) is 1.04. The molecule has 2 aromatic carbocycles. The van der Waals surface area contributed by atoms with Crippen LogP contribution in [0.25, 0.3) is 11.0 Å². The van der Waals surface area contributed by atoms with Gasteiger partial charge >= 0.3 is 0 Å². The summed E-state index contributed by atoms with van der Waals surface area (Å²) in [5, 5.41) is 10.4. The van der Waals surface area contributed by atoms with E-state index < -0.39 is 26.6 Å². The first kappa shape index (κ1) is 29.7. The molecule has 42 heavy (non-hydrogen) atoms.